The van der Waals surface area contributed by atoms with Crippen molar-refractivity contribution in [2.24, 2.45) is 23.2 Å². The van der Waals surface area contributed by atoms with Crippen LogP contribution in [0.4, 0.5) is 0 Å². The van der Waals surface area contributed by atoms with E-state index in [-0.39, 0.29) is 23.5 Å². The molecule has 4 fully saturated rings. The minimum absolute atomic E-state index is 0.0756. The molecule has 1 aliphatic heterocycles. The van der Waals surface area contributed by atoms with Gasteiger partial charge >= 0.3 is 0 Å². The molecule has 25 heavy (non-hydrogen) atoms. The average Bonchev–Trinajstić information content (AvgIpc) is 2.67. The van der Waals surface area contributed by atoms with Crippen molar-refractivity contribution in [3.05, 3.63) is 0 Å². The molecule has 4 aliphatic rings. The average molecular weight is 350 g/mol. The van der Waals surface area contributed by atoms with Crippen LogP contribution in [0.5, 0.6) is 0 Å². The number of fused-ring (bicyclic) bond motifs is 1. The van der Waals surface area contributed by atoms with Crippen molar-refractivity contribution in [3.63, 3.8) is 0 Å². The molecular formula is C21H35NO3. The second kappa shape index (κ2) is 7.19. The molecule has 0 aromatic heterocycles. The number of amides is 1. The SMILES string of the molecule is CCOC1CC(O)C12CCN(C(=O)C1CCC3CCCCC3C1)CC2. The smallest absolute Gasteiger partial charge is 0.225 e. The van der Waals surface area contributed by atoms with Crippen molar-refractivity contribution in [1.29, 1.82) is 0 Å². The van der Waals surface area contributed by atoms with Gasteiger partial charge in [-0.05, 0) is 50.9 Å². The number of aliphatic hydroxyl groups is 1. The summed E-state index contributed by atoms with van der Waals surface area (Å²) in [6.07, 6.45) is 11.6. The topological polar surface area (TPSA) is 49.8 Å². The number of piperidine rings is 1. The van der Waals surface area contributed by atoms with Gasteiger partial charge in [-0.25, -0.2) is 0 Å². The number of ether oxygens (including phenoxy) is 1. The zero-order chi connectivity index (χ0) is 17.4. The lowest BCUT2D eigenvalue weighted by Gasteiger charge is -2.56. The van der Waals surface area contributed by atoms with Crippen LogP contribution in [0.1, 0.15) is 71.1 Å². The Balaban J connectivity index is 1.32. The van der Waals surface area contributed by atoms with E-state index in [2.05, 4.69) is 4.90 Å². The molecule has 1 amide bonds. The van der Waals surface area contributed by atoms with Crippen LogP contribution < -0.4 is 0 Å². The van der Waals surface area contributed by atoms with Crippen molar-refractivity contribution < 1.29 is 14.6 Å². The van der Waals surface area contributed by atoms with Crippen molar-refractivity contribution in [2.45, 2.75) is 83.3 Å². The predicted molar refractivity (Wildman–Crippen MR) is 97.1 cm³/mol. The van der Waals surface area contributed by atoms with E-state index in [4.69, 9.17) is 4.74 Å². The van der Waals surface area contributed by atoms with Crippen LogP contribution in [-0.4, -0.2) is 47.8 Å². The summed E-state index contributed by atoms with van der Waals surface area (Å²) in [6.45, 7) is 4.36. The van der Waals surface area contributed by atoms with Crippen LogP contribution in [0.2, 0.25) is 0 Å². The van der Waals surface area contributed by atoms with Gasteiger partial charge in [0.15, 0.2) is 0 Å². The molecule has 4 heteroatoms. The molecule has 4 rings (SSSR count). The summed E-state index contributed by atoms with van der Waals surface area (Å²) in [6, 6.07) is 0. The van der Waals surface area contributed by atoms with Gasteiger partial charge in [-0.2, -0.15) is 0 Å². The Morgan fingerprint density at radius 2 is 1.80 bits per heavy atom. The molecule has 5 atom stereocenters. The van der Waals surface area contributed by atoms with Crippen LogP contribution in [0.25, 0.3) is 0 Å². The number of hydrogen-bond acceptors (Lipinski definition) is 3. The highest BCUT2D eigenvalue weighted by atomic mass is 16.5. The molecule has 0 aromatic carbocycles. The number of carbonyl (C=O) groups is 1. The maximum Gasteiger partial charge on any atom is 0.225 e. The highest BCUT2D eigenvalue weighted by Gasteiger charge is 2.56. The van der Waals surface area contributed by atoms with Gasteiger partial charge < -0.3 is 14.7 Å². The molecule has 1 spiro atoms. The minimum Gasteiger partial charge on any atom is -0.392 e. The van der Waals surface area contributed by atoms with E-state index in [1.54, 1.807) is 0 Å². The first kappa shape index (κ1) is 17.8. The van der Waals surface area contributed by atoms with Gasteiger partial charge in [0.2, 0.25) is 5.91 Å². The summed E-state index contributed by atoms with van der Waals surface area (Å²) >= 11 is 0. The van der Waals surface area contributed by atoms with Crippen molar-refractivity contribution in [3.8, 4) is 0 Å². The molecule has 1 N–H and O–H groups in total. The third-order valence-electron chi connectivity index (χ3n) is 8.01. The largest absolute Gasteiger partial charge is 0.392 e. The van der Waals surface area contributed by atoms with E-state index in [1.165, 1.54) is 32.1 Å². The van der Waals surface area contributed by atoms with E-state index in [9.17, 15) is 9.90 Å². The molecule has 3 aliphatic carbocycles. The first-order chi connectivity index (χ1) is 12.1. The first-order valence-corrected chi connectivity index (χ1v) is 10.7. The van der Waals surface area contributed by atoms with Gasteiger partial charge in [0.1, 0.15) is 0 Å². The van der Waals surface area contributed by atoms with Crippen LogP contribution in [0.15, 0.2) is 0 Å². The number of hydrogen-bond donors (Lipinski definition) is 1. The number of rotatable bonds is 3. The maximum atomic E-state index is 13.1. The Morgan fingerprint density at radius 1 is 1.08 bits per heavy atom. The maximum absolute atomic E-state index is 13.1. The van der Waals surface area contributed by atoms with Gasteiger partial charge in [-0.3, -0.25) is 4.79 Å². The summed E-state index contributed by atoms with van der Waals surface area (Å²) in [7, 11) is 0. The summed E-state index contributed by atoms with van der Waals surface area (Å²) in [5.41, 5.74) is -0.0756. The van der Waals surface area contributed by atoms with Crippen molar-refractivity contribution >= 4 is 5.91 Å². The number of aliphatic hydroxyl groups excluding tert-OH is 1. The van der Waals surface area contributed by atoms with Crippen molar-refractivity contribution in [1.82, 2.24) is 4.90 Å². The highest BCUT2D eigenvalue weighted by molar-refractivity contribution is 5.79. The molecule has 0 radical (unpaired) electrons. The summed E-state index contributed by atoms with van der Waals surface area (Å²) in [5.74, 6) is 2.38. The Labute approximate surface area is 152 Å². The van der Waals surface area contributed by atoms with E-state index in [0.717, 1.165) is 57.0 Å². The molecule has 4 nitrogen and oxygen atoms in total. The fraction of sp³-hybridized carbons (Fsp3) is 0.952. The molecule has 1 heterocycles. The fourth-order valence-corrected chi connectivity index (χ4v) is 6.32. The van der Waals surface area contributed by atoms with Gasteiger partial charge in [0.05, 0.1) is 12.2 Å². The van der Waals surface area contributed by atoms with E-state index in [0.29, 0.717) is 12.5 Å². The Kier molecular flexibility index (Phi) is 5.11. The summed E-state index contributed by atoms with van der Waals surface area (Å²) in [5, 5.41) is 10.3. The van der Waals surface area contributed by atoms with Gasteiger partial charge in [0.25, 0.3) is 0 Å². The van der Waals surface area contributed by atoms with Crippen LogP contribution in [-0.2, 0) is 9.53 Å². The second-order valence-electron chi connectivity index (χ2n) is 9.07. The van der Waals surface area contributed by atoms with E-state index < -0.39 is 0 Å². The first-order valence-electron chi connectivity index (χ1n) is 10.7. The quantitative estimate of drug-likeness (QED) is 0.850. The Morgan fingerprint density at radius 3 is 2.48 bits per heavy atom. The zero-order valence-corrected chi connectivity index (χ0v) is 15.8. The molecule has 5 unspecified atom stereocenters. The third kappa shape index (κ3) is 3.14. The van der Waals surface area contributed by atoms with Gasteiger partial charge in [-0.15, -0.1) is 0 Å². The zero-order valence-electron chi connectivity index (χ0n) is 15.8. The number of carbonyl (C=O) groups excluding carboxylic acids is 1. The lowest BCUT2D eigenvalue weighted by atomic mass is 9.58. The second-order valence-corrected chi connectivity index (χ2v) is 9.07. The monoisotopic (exact) mass is 349 g/mol. The lowest BCUT2D eigenvalue weighted by Crippen LogP contribution is -2.63. The Bertz CT molecular complexity index is 484. The summed E-state index contributed by atoms with van der Waals surface area (Å²) < 4.78 is 5.85. The third-order valence-corrected chi connectivity index (χ3v) is 8.01. The highest BCUT2D eigenvalue weighted by Crippen LogP contribution is 2.51. The van der Waals surface area contributed by atoms with Crippen LogP contribution in [0, 0.1) is 23.2 Å². The number of nitrogens with zero attached hydrogens (tertiary/aromatic N) is 1. The minimum atomic E-state index is -0.237. The van der Waals surface area contributed by atoms with E-state index >= 15 is 0 Å². The van der Waals surface area contributed by atoms with Crippen molar-refractivity contribution in [2.75, 3.05) is 19.7 Å². The van der Waals surface area contributed by atoms with Crippen LogP contribution in [0.3, 0.4) is 0 Å². The number of likely N-dealkylation sites (tertiary alicyclic amines) is 1. The standard InChI is InChI=1S/C21H35NO3/c1-2-25-19-14-18(23)21(19)9-11-22(12-10-21)20(24)17-8-7-15-5-3-4-6-16(15)13-17/h15-19,23H,2-14H2,1H3. The lowest BCUT2D eigenvalue weighted by molar-refractivity contribution is -0.210. The van der Waals surface area contributed by atoms with Gasteiger partial charge in [-0.1, -0.05) is 25.7 Å². The Hall–Kier alpha value is -0.610. The molecule has 3 saturated carbocycles. The molecule has 0 aromatic rings. The summed E-state index contributed by atoms with van der Waals surface area (Å²) in [4.78, 5) is 15.2. The fourth-order valence-electron chi connectivity index (χ4n) is 6.32. The predicted octanol–water partition coefficient (Wildman–Crippen LogP) is 3.37. The molecule has 0 bridgehead atoms. The molecular weight excluding hydrogens is 314 g/mol. The van der Waals surface area contributed by atoms with Crippen LogP contribution >= 0.6 is 0 Å². The van der Waals surface area contributed by atoms with Gasteiger partial charge in [0, 0.05) is 37.5 Å². The molecule has 142 valence electrons. The molecule has 1 saturated heterocycles. The normalized spacial score (nSPS) is 40.4. The van der Waals surface area contributed by atoms with E-state index in [1.807, 2.05) is 6.92 Å².